The normalized spacial score (nSPS) is 11.8. The van der Waals surface area contributed by atoms with Crippen LogP contribution in [0.25, 0.3) is 0 Å². The summed E-state index contributed by atoms with van der Waals surface area (Å²) in [7, 11) is 5.52. The second-order valence-corrected chi connectivity index (χ2v) is 4.58. The van der Waals surface area contributed by atoms with Crippen molar-refractivity contribution in [1.29, 1.82) is 0 Å². The fourth-order valence-corrected chi connectivity index (χ4v) is 1.47. The Bertz CT molecular complexity index is 392. The maximum absolute atomic E-state index is 11.7. The van der Waals surface area contributed by atoms with Crippen LogP contribution < -0.4 is 15.5 Å². The van der Waals surface area contributed by atoms with E-state index >= 15 is 0 Å². The number of carbonyl (C=O) groups excluding carboxylic acids is 1. The zero-order valence-corrected chi connectivity index (χ0v) is 11.9. The van der Waals surface area contributed by atoms with E-state index in [0.29, 0.717) is 12.4 Å². The van der Waals surface area contributed by atoms with Crippen LogP contribution in [0.1, 0.15) is 13.3 Å². The Kier molecular flexibility index (Phi) is 6.08. The molecule has 0 bridgehead atoms. The number of methoxy groups -OCH3 is 1. The van der Waals surface area contributed by atoms with E-state index in [4.69, 9.17) is 4.74 Å². The zero-order valence-electron chi connectivity index (χ0n) is 11.9. The topological polar surface area (TPSA) is 66.5 Å². The number of carbonyl (C=O) groups is 1. The van der Waals surface area contributed by atoms with Crippen LogP contribution in [0.3, 0.4) is 0 Å². The highest BCUT2D eigenvalue weighted by molar-refractivity contribution is 5.88. The van der Waals surface area contributed by atoms with Gasteiger partial charge in [0, 0.05) is 33.9 Å². The molecule has 1 rings (SSSR count). The molecule has 2 N–H and O–H groups in total. The third-order valence-electron chi connectivity index (χ3n) is 2.64. The van der Waals surface area contributed by atoms with Crippen LogP contribution in [0.15, 0.2) is 18.3 Å². The third kappa shape index (κ3) is 5.56. The van der Waals surface area contributed by atoms with Crippen LogP contribution in [-0.2, 0) is 4.74 Å². The second-order valence-electron chi connectivity index (χ2n) is 4.58. The molecule has 0 aliphatic rings. The van der Waals surface area contributed by atoms with Crippen molar-refractivity contribution < 1.29 is 9.53 Å². The van der Waals surface area contributed by atoms with E-state index in [1.807, 2.05) is 32.0 Å². The maximum Gasteiger partial charge on any atom is 0.320 e. The lowest BCUT2D eigenvalue weighted by Crippen LogP contribution is -2.36. The van der Waals surface area contributed by atoms with Crippen molar-refractivity contribution >= 4 is 17.5 Å². The molecular weight excluding hydrogens is 244 g/mol. The van der Waals surface area contributed by atoms with Gasteiger partial charge in [0.1, 0.15) is 5.82 Å². The molecule has 19 heavy (non-hydrogen) atoms. The van der Waals surface area contributed by atoms with Crippen LogP contribution in [0.5, 0.6) is 0 Å². The Morgan fingerprint density at radius 3 is 2.74 bits per heavy atom. The van der Waals surface area contributed by atoms with Gasteiger partial charge >= 0.3 is 6.03 Å². The number of urea groups is 1. The van der Waals surface area contributed by atoms with E-state index in [9.17, 15) is 4.79 Å². The highest BCUT2D eigenvalue weighted by Gasteiger charge is 2.07. The highest BCUT2D eigenvalue weighted by Crippen LogP contribution is 2.11. The van der Waals surface area contributed by atoms with E-state index < -0.39 is 0 Å². The maximum atomic E-state index is 11.7. The van der Waals surface area contributed by atoms with Crippen molar-refractivity contribution in [3.05, 3.63) is 18.3 Å². The molecule has 1 unspecified atom stereocenters. The number of pyridine rings is 1. The number of aromatic nitrogens is 1. The fourth-order valence-electron chi connectivity index (χ4n) is 1.47. The number of ether oxygens (including phenoxy) is 1. The first kappa shape index (κ1) is 15.2. The molecule has 1 aromatic rings. The molecule has 0 aromatic carbocycles. The summed E-state index contributed by atoms with van der Waals surface area (Å²) in [5, 5.41) is 5.51. The van der Waals surface area contributed by atoms with Crippen molar-refractivity contribution in [2.24, 2.45) is 0 Å². The Morgan fingerprint density at radius 2 is 2.21 bits per heavy atom. The van der Waals surface area contributed by atoms with Crippen LogP contribution in [-0.4, -0.2) is 44.9 Å². The number of rotatable bonds is 6. The standard InChI is InChI=1S/C13H22N4O2/c1-10(7-8-19-4)15-13(18)16-12-6-5-11(9-14-12)17(2)3/h5-6,9-10H,7-8H2,1-4H3,(H2,14,15,16,18). The first-order valence-corrected chi connectivity index (χ1v) is 6.22. The average Bonchev–Trinajstić information content (AvgIpc) is 2.36. The Balaban J connectivity index is 2.43. The minimum absolute atomic E-state index is 0.0565. The Morgan fingerprint density at radius 1 is 1.47 bits per heavy atom. The second kappa shape index (κ2) is 7.58. The molecule has 0 saturated carbocycles. The van der Waals surface area contributed by atoms with Crippen molar-refractivity contribution in [2.75, 3.05) is 38.0 Å². The Labute approximate surface area is 114 Å². The number of hydrogen-bond acceptors (Lipinski definition) is 4. The molecular formula is C13H22N4O2. The number of hydrogen-bond donors (Lipinski definition) is 2. The summed E-state index contributed by atoms with van der Waals surface area (Å²) in [4.78, 5) is 17.8. The van der Waals surface area contributed by atoms with Crippen molar-refractivity contribution in [3.8, 4) is 0 Å². The predicted molar refractivity (Wildman–Crippen MR) is 76.7 cm³/mol. The lowest BCUT2D eigenvalue weighted by Gasteiger charge is -2.15. The monoisotopic (exact) mass is 266 g/mol. The summed E-state index contributed by atoms with van der Waals surface area (Å²) in [5.41, 5.74) is 0.986. The first-order valence-electron chi connectivity index (χ1n) is 6.22. The van der Waals surface area contributed by atoms with Crippen LogP contribution in [0, 0.1) is 0 Å². The summed E-state index contributed by atoms with van der Waals surface area (Å²) in [5.74, 6) is 0.530. The summed E-state index contributed by atoms with van der Waals surface area (Å²) in [6.07, 6.45) is 2.49. The van der Waals surface area contributed by atoms with Gasteiger partial charge in [-0.2, -0.15) is 0 Å². The molecule has 1 aromatic heterocycles. The van der Waals surface area contributed by atoms with Gasteiger partial charge in [0.2, 0.25) is 0 Å². The van der Waals surface area contributed by atoms with Gasteiger partial charge in [0.25, 0.3) is 0 Å². The van der Waals surface area contributed by atoms with Gasteiger partial charge in [-0.15, -0.1) is 0 Å². The molecule has 0 fully saturated rings. The van der Waals surface area contributed by atoms with Crippen molar-refractivity contribution in [2.45, 2.75) is 19.4 Å². The van der Waals surface area contributed by atoms with Crippen molar-refractivity contribution in [3.63, 3.8) is 0 Å². The van der Waals surface area contributed by atoms with Gasteiger partial charge in [-0.3, -0.25) is 5.32 Å². The lowest BCUT2D eigenvalue weighted by atomic mass is 10.2. The Hall–Kier alpha value is -1.82. The lowest BCUT2D eigenvalue weighted by molar-refractivity contribution is 0.185. The summed E-state index contributed by atoms with van der Waals surface area (Å²) in [6, 6.07) is 3.47. The van der Waals surface area contributed by atoms with Crippen LogP contribution in [0.4, 0.5) is 16.3 Å². The van der Waals surface area contributed by atoms with Gasteiger partial charge in [0.05, 0.1) is 11.9 Å². The number of nitrogens with zero attached hydrogens (tertiary/aromatic N) is 2. The first-order chi connectivity index (χ1) is 9.02. The number of anilines is 2. The molecule has 2 amide bonds. The van der Waals surface area contributed by atoms with E-state index in [2.05, 4.69) is 15.6 Å². The quantitative estimate of drug-likeness (QED) is 0.822. The minimum atomic E-state index is -0.256. The summed E-state index contributed by atoms with van der Waals surface area (Å²) >= 11 is 0. The van der Waals surface area contributed by atoms with Gasteiger partial charge in [-0.1, -0.05) is 0 Å². The van der Waals surface area contributed by atoms with E-state index in [1.54, 1.807) is 19.4 Å². The fraction of sp³-hybridized carbons (Fsp3) is 0.538. The molecule has 6 nitrogen and oxygen atoms in total. The SMILES string of the molecule is COCCC(C)NC(=O)Nc1ccc(N(C)C)cn1. The van der Waals surface area contributed by atoms with E-state index in [0.717, 1.165) is 12.1 Å². The highest BCUT2D eigenvalue weighted by atomic mass is 16.5. The predicted octanol–water partition coefficient (Wildman–Crippen LogP) is 1.69. The minimum Gasteiger partial charge on any atom is -0.385 e. The largest absolute Gasteiger partial charge is 0.385 e. The van der Waals surface area contributed by atoms with Crippen LogP contribution in [0.2, 0.25) is 0 Å². The molecule has 0 aliphatic carbocycles. The van der Waals surface area contributed by atoms with Crippen LogP contribution >= 0.6 is 0 Å². The zero-order chi connectivity index (χ0) is 14.3. The van der Waals surface area contributed by atoms with Gasteiger partial charge in [0.15, 0.2) is 0 Å². The molecule has 1 heterocycles. The third-order valence-corrected chi connectivity index (χ3v) is 2.64. The van der Waals surface area contributed by atoms with E-state index in [1.165, 1.54) is 0 Å². The molecule has 0 aliphatic heterocycles. The average molecular weight is 266 g/mol. The summed E-state index contributed by atoms with van der Waals surface area (Å²) in [6.45, 7) is 2.55. The molecule has 6 heteroatoms. The van der Waals surface area contributed by atoms with Gasteiger partial charge < -0.3 is 15.0 Å². The molecule has 0 radical (unpaired) electrons. The molecule has 106 valence electrons. The molecule has 1 atom stereocenters. The molecule has 0 saturated heterocycles. The van der Waals surface area contributed by atoms with Gasteiger partial charge in [-0.05, 0) is 25.5 Å². The van der Waals surface area contributed by atoms with E-state index in [-0.39, 0.29) is 12.1 Å². The number of nitrogens with one attached hydrogen (secondary N) is 2. The number of amides is 2. The van der Waals surface area contributed by atoms with Gasteiger partial charge in [-0.25, -0.2) is 9.78 Å². The smallest absolute Gasteiger partial charge is 0.320 e. The van der Waals surface area contributed by atoms with Crippen molar-refractivity contribution in [1.82, 2.24) is 10.3 Å². The summed E-state index contributed by atoms with van der Waals surface area (Å²) < 4.78 is 4.96. The molecule has 0 spiro atoms.